The number of rotatable bonds is 11. The third-order valence-electron chi connectivity index (χ3n) is 5.48. The highest BCUT2D eigenvalue weighted by molar-refractivity contribution is 7.92. The van der Waals surface area contributed by atoms with Crippen LogP contribution in [0, 0.1) is 0 Å². The summed E-state index contributed by atoms with van der Waals surface area (Å²) >= 11 is 18.3. The lowest BCUT2D eigenvalue weighted by Crippen LogP contribution is -2.53. The first kappa shape index (κ1) is 31.2. The van der Waals surface area contributed by atoms with Crippen molar-refractivity contribution in [2.24, 2.45) is 0 Å². The molecule has 1 atom stereocenters. The second-order valence-corrected chi connectivity index (χ2v) is 13.0. The van der Waals surface area contributed by atoms with Crippen molar-refractivity contribution in [2.75, 3.05) is 17.1 Å². The summed E-state index contributed by atoms with van der Waals surface area (Å²) in [7, 11) is -3.69. The van der Waals surface area contributed by atoms with Crippen LogP contribution in [0.15, 0.2) is 42.5 Å². The van der Waals surface area contributed by atoms with E-state index in [-0.39, 0.29) is 48.5 Å². The van der Waals surface area contributed by atoms with E-state index in [2.05, 4.69) is 5.32 Å². The van der Waals surface area contributed by atoms with E-state index >= 15 is 0 Å². The first-order chi connectivity index (χ1) is 17.1. The molecule has 0 heterocycles. The standard InChI is InChI=1S/C26H34Cl3N3O4S/c1-6-22(25(34)30-26(2,3)4)31(17-18-9-11-19(27)12-10-18)24(33)8-7-15-32(37(5,35)36)23-16-20(28)13-14-21(23)29/h9-14,16,22H,6-8,15,17H2,1-5H3,(H,30,34)/t22-/m0/s1. The lowest BCUT2D eigenvalue weighted by Gasteiger charge is -2.33. The Labute approximate surface area is 235 Å². The van der Waals surface area contributed by atoms with Gasteiger partial charge in [-0.1, -0.05) is 53.9 Å². The number of carbonyl (C=O) groups is 2. The number of sulfonamides is 1. The molecule has 2 rings (SSSR count). The maximum Gasteiger partial charge on any atom is 0.243 e. The van der Waals surface area contributed by atoms with Crippen LogP contribution in [0.4, 0.5) is 5.69 Å². The van der Waals surface area contributed by atoms with Crippen LogP contribution in [0.1, 0.15) is 52.5 Å². The molecular formula is C26H34Cl3N3O4S. The molecule has 37 heavy (non-hydrogen) atoms. The molecule has 2 amide bonds. The molecule has 0 fully saturated rings. The van der Waals surface area contributed by atoms with Crippen LogP contribution in [0.2, 0.25) is 15.1 Å². The van der Waals surface area contributed by atoms with Gasteiger partial charge in [0.15, 0.2) is 0 Å². The predicted molar refractivity (Wildman–Crippen MR) is 152 cm³/mol. The molecule has 0 bridgehead atoms. The van der Waals surface area contributed by atoms with Gasteiger partial charge in [0, 0.05) is 35.1 Å². The second kappa shape index (κ2) is 13.2. The summed E-state index contributed by atoms with van der Waals surface area (Å²) in [5, 5.41) is 4.10. The molecule has 11 heteroatoms. The normalized spacial score (nSPS) is 12.6. The number of hydrogen-bond acceptors (Lipinski definition) is 4. The Balaban J connectivity index is 2.27. The van der Waals surface area contributed by atoms with E-state index in [1.165, 1.54) is 12.1 Å². The molecule has 7 nitrogen and oxygen atoms in total. The first-order valence-corrected chi connectivity index (χ1v) is 14.9. The zero-order chi connectivity index (χ0) is 28.0. The summed E-state index contributed by atoms with van der Waals surface area (Å²) < 4.78 is 26.2. The van der Waals surface area contributed by atoms with Crippen molar-refractivity contribution in [3.8, 4) is 0 Å². The first-order valence-electron chi connectivity index (χ1n) is 11.9. The number of halogens is 3. The van der Waals surface area contributed by atoms with Gasteiger partial charge in [-0.2, -0.15) is 0 Å². The number of nitrogens with one attached hydrogen (secondary N) is 1. The van der Waals surface area contributed by atoms with Crippen molar-refractivity contribution in [1.82, 2.24) is 10.2 Å². The molecule has 2 aromatic carbocycles. The highest BCUT2D eigenvalue weighted by Crippen LogP contribution is 2.31. The average Bonchev–Trinajstić information content (AvgIpc) is 2.77. The average molecular weight is 591 g/mol. The highest BCUT2D eigenvalue weighted by Gasteiger charge is 2.31. The van der Waals surface area contributed by atoms with Gasteiger partial charge in [-0.15, -0.1) is 0 Å². The van der Waals surface area contributed by atoms with E-state index in [9.17, 15) is 18.0 Å². The SMILES string of the molecule is CC[C@@H](C(=O)NC(C)(C)C)N(Cc1ccc(Cl)cc1)C(=O)CCCN(c1cc(Cl)ccc1Cl)S(C)(=O)=O. The van der Waals surface area contributed by atoms with Crippen LogP contribution in [-0.2, 0) is 26.2 Å². The lowest BCUT2D eigenvalue weighted by atomic mass is 10.0. The van der Waals surface area contributed by atoms with Crippen molar-refractivity contribution in [2.45, 2.75) is 65.1 Å². The number of nitrogens with zero attached hydrogens (tertiary/aromatic N) is 2. The summed E-state index contributed by atoms with van der Waals surface area (Å²) in [5.41, 5.74) is 0.604. The maximum absolute atomic E-state index is 13.5. The third kappa shape index (κ3) is 9.67. The van der Waals surface area contributed by atoms with Crippen LogP contribution < -0.4 is 9.62 Å². The minimum absolute atomic E-state index is 0.0183. The van der Waals surface area contributed by atoms with E-state index < -0.39 is 21.6 Å². The zero-order valence-corrected chi connectivity index (χ0v) is 24.8. The number of carbonyl (C=O) groups excluding carboxylic acids is 2. The van der Waals surface area contributed by atoms with Crippen molar-refractivity contribution < 1.29 is 18.0 Å². The van der Waals surface area contributed by atoms with Crippen LogP contribution in [-0.4, -0.2) is 49.5 Å². The second-order valence-electron chi connectivity index (χ2n) is 9.85. The summed E-state index contributed by atoms with van der Waals surface area (Å²) in [6.07, 6.45) is 1.72. The van der Waals surface area contributed by atoms with Crippen molar-refractivity contribution in [3.63, 3.8) is 0 Å². The van der Waals surface area contributed by atoms with Crippen molar-refractivity contribution in [1.29, 1.82) is 0 Å². The van der Waals surface area contributed by atoms with Crippen molar-refractivity contribution >= 4 is 62.3 Å². The number of hydrogen-bond donors (Lipinski definition) is 1. The van der Waals surface area contributed by atoms with Gasteiger partial charge in [0.25, 0.3) is 0 Å². The molecular weight excluding hydrogens is 557 g/mol. The van der Waals surface area contributed by atoms with Gasteiger partial charge in [-0.3, -0.25) is 13.9 Å². The van der Waals surface area contributed by atoms with Gasteiger partial charge in [0.05, 0.1) is 17.0 Å². The molecule has 2 aromatic rings. The van der Waals surface area contributed by atoms with E-state index in [4.69, 9.17) is 34.8 Å². The monoisotopic (exact) mass is 589 g/mol. The Bertz CT molecular complexity index is 1200. The van der Waals surface area contributed by atoms with Gasteiger partial charge in [-0.25, -0.2) is 8.42 Å². The maximum atomic E-state index is 13.5. The topological polar surface area (TPSA) is 86.8 Å². The largest absolute Gasteiger partial charge is 0.350 e. The molecule has 0 unspecified atom stereocenters. The predicted octanol–water partition coefficient (Wildman–Crippen LogP) is 5.92. The molecule has 0 aromatic heterocycles. The minimum Gasteiger partial charge on any atom is -0.350 e. The van der Waals surface area contributed by atoms with Crippen LogP contribution in [0.3, 0.4) is 0 Å². The number of anilines is 1. The summed E-state index contributed by atoms with van der Waals surface area (Å²) in [6, 6.07) is 10.9. The third-order valence-corrected chi connectivity index (χ3v) is 7.47. The Morgan fingerprint density at radius 2 is 1.59 bits per heavy atom. The Morgan fingerprint density at radius 3 is 2.14 bits per heavy atom. The fourth-order valence-corrected chi connectivity index (χ4v) is 5.35. The van der Waals surface area contributed by atoms with Gasteiger partial charge in [0.2, 0.25) is 21.8 Å². The Hall–Kier alpha value is -2.00. The number of benzene rings is 2. The van der Waals surface area contributed by atoms with E-state index in [1.54, 1.807) is 23.1 Å². The molecule has 0 saturated heterocycles. The molecule has 1 N–H and O–H groups in total. The van der Waals surface area contributed by atoms with Gasteiger partial charge < -0.3 is 10.2 Å². The smallest absolute Gasteiger partial charge is 0.243 e. The Morgan fingerprint density at radius 1 is 1.00 bits per heavy atom. The fraction of sp³-hybridized carbons (Fsp3) is 0.462. The van der Waals surface area contributed by atoms with E-state index in [0.717, 1.165) is 16.1 Å². The molecule has 0 aliphatic heterocycles. The fourth-order valence-electron chi connectivity index (χ4n) is 3.82. The quantitative estimate of drug-likeness (QED) is 0.352. The van der Waals surface area contributed by atoms with E-state index in [0.29, 0.717) is 16.5 Å². The van der Waals surface area contributed by atoms with Crippen molar-refractivity contribution in [3.05, 3.63) is 63.1 Å². The zero-order valence-electron chi connectivity index (χ0n) is 21.7. The van der Waals surface area contributed by atoms with E-state index in [1.807, 2.05) is 39.8 Å². The summed E-state index contributed by atoms with van der Waals surface area (Å²) in [4.78, 5) is 28.1. The molecule has 0 aliphatic rings. The summed E-state index contributed by atoms with van der Waals surface area (Å²) in [6.45, 7) is 7.71. The molecule has 0 radical (unpaired) electrons. The number of amides is 2. The molecule has 0 saturated carbocycles. The molecule has 0 aliphatic carbocycles. The van der Waals surface area contributed by atoms with Gasteiger partial charge in [0.1, 0.15) is 6.04 Å². The molecule has 204 valence electrons. The van der Waals surface area contributed by atoms with Crippen LogP contribution in [0.25, 0.3) is 0 Å². The van der Waals surface area contributed by atoms with Crippen LogP contribution >= 0.6 is 34.8 Å². The summed E-state index contributed by atoms with van der Waals surface area (Å²) in [5.74, 6) is -0.516. The Kier molecular flexibility index (Phi) is 11.1. The van der Waals surface area contributed by atoms with Crippen LogP contribution in [0.5, 0.6) is 0 Å². The minimum atomic E-state index is -3.69. The van der Waals surface area contributed by atoms with Gasteiger partial charge in [-0.05, 0) is 69.5 Å². The molecule has 0 spiro atoms. The highest BCUT2D eigenvalue weighted by atomic mass is 35.5. The lowest BCUT2D eigenvalue weighted by molar-refractivity contribution is -0.142. The van der Waals surface area contributed by atoms with Gasteiger partial charge >= 0.3 is 0 Å².